The van der Waals surface area contributed by atoms with E-state index in [1.165, 1.54) is 0 Å². The second kappa shape index (κ2) is 4.94. The van der Waals surface area contributed by atoms with Gasteiger partial charge in [0.1, 0.15) is 17.4 Å². The molecule has 0 atom stereocenters. The van der Waals surface area contributed by atoms with Crippen LogP contribution in [0.5, 0.6) is 11.5 Å². The van der Waals surface area contributed by atoms with Gasteiger partial charge in [-0.2, -0.15) is 0 Å². The van der Waals surface area contributed by atoms with Crippen molar-refractivity contribution in [1.82, 2.24) is 5.32 Å². The van der Waals surface area contributed by atoms with E-state index in [1.54, 1.807) is 0 Å². The molecule has 0 unspecified atom stereocenters. The van der Waals surface area contributed by atoms with Gasteiger partial charge in [0.25, 0.3) is 0 Å². The average Bonchev–Trinajstić information content (AvgIpc) is 2.46. The molecular formula is C15H12ClNO2. The Kier molecular flexibility index (Phi) is 3.13. The minimum atomic E-state index is -0.215. The van der Waals surface area contributed by atoms with Gasteiger partial charge in [0.05, 0.1) is 6.04 Å². The number of carbonyl (C=O) groups excluding carboxylic acids is 1. The molecule has 1 aliphatic heterocycles. The zero-order chi connectivity index (χ0) is 13.2. The normalized spacial score (nSPS) is 13.1. The summed E-state index contributed by atoms with van der Waals surface area (Å²) in [5.74, 6) is 1.28. The predicted molar refractivity (Wildman–Crippen MR) is 73.7 cm³/mol. The maximum absolute atomic E-state index is 11.6. The Morgan fingerprint density at radius 3 is 2.11 bits per heavy atom. The summed E-state index contributed by atoms with van der Waals surface area (Å²) in [6, 6.07) is 15.1. The van der Waals surface area contributed by atoms with Crippen molar-refractivity contribution in [3.63, 3.8) is 0 Å². The number of alkyl halides is 1. The molecule has 19 heavy (non-hydrogen) atoms. The summed E-state index contributed by atoms with van der Waals surface area (Å²) < 4.78 is 5.84. The fraction of sp³-hybridized carbons (Fsp3) is 0.133. The molecule has 1 aliphatic rings. The number of hydrogen-bond acceptors (Lipinski definition) is 2. The third-order valence-corrected chi connectivity index (χ3v) is 3.35. The molecule has 1 amide bonds. The molecule has 2 aromatic rings. The van der Waals surface area contributed by atoms with Crippen LogP contribution in [0.4, 0.5) is 0 Å². The Balaban J connectivity index is 2.08. The minimum absolute atomic E-state index is 0.0539. The van der Waals surface area contributed by atoms with E-state index < -0.39 is 0 Å². The van der Waals surface area contributed by atoms with Crippen molar-refractivity contribution in [2.24, 2.45) is 0 Å². The number of para-hydroxylation sites is 2. The Bertz CT molecular complexity index is 582. The number of benzene rings is 2. The van der Waals surface area contributed by atoms with E-state index in [0.717, 1.165) is 22.6 Å². The van der Waals surface area contributed by atoms with Crippen molar-refractivity contribution in [3.8, 4) is 11.5 Å². The lowest BCUT2D eigenvalue weighted by Gasteiger charge is -2.28. The molecular weight excluding hydrogens is 262 g/mol. The molecule has 2 aromatic carbocycles. The molecule has 1 heterocycles. The number of hydrogen-bond donors (Lipinski definition) is 1. The number of rotatable bonds is 2. The molecule has 1 N–H and O–H groups in total. The summed E-state index contributed by atoms with van der Waals surface area (Å²) in [5.41, 5.74) is 1.89. The highest BCUT2D eigenvalue weighted by Gasteiger charge is 2.27. The van der Waals surface area contributed by atoms with E-state index in [0.29, 0.717) is 0 Å². The van der Waals surface area contributed by atoms with Crippen LogP contribution in [-0.4, -0.2) is 11.8 Å². The van der Waals surface area contributed by atoms with Crippen molar-refractivity contribution in [2.45, 2.75) is 6.04 Å². The second-order valence-corrected chi connectivity index (χ2v) is 4.58. The third kappa shape index (κ3) is 2.17. The van der Waals surface area contributed by atoms with E-state index in [2.05, 4.69) is 5.32 Å². The van der Waals surface area contributed by atoms with Crippen LogP contribution in [0.2, 0.25) is 0 Å². The maximum Gasteiger partial charge on any atom is 0.235 e. The molecule has 0 fully saturated rings. The Hall–Kier alpha value is -2.00. The number of carbonyl (C=O) groups is 1. The van der Waals surface area contributed by atoms with E-state index in [-0.39, 0.29) is 17.8 Å². The van der Waals surface area contributed by atoms with Crippen LogP contribution in [0.15, 0.2) is 48.5 Å². The van der Waals surface area contributed by atoms with Gasteiger partial charge in [0.2, 0.25) is 5.91 Å². The van der Waals surface area contributed by atoms with Crippen LogP contribution in [0.1, 0.15) is 17.2 Å². The van der Waals surface area contributed by atoms with Crippen molar-refractivity contribution >= 4 is 17.5 Å². The molecule has 0 spiro atoms. The highest BCUT2D eigenvalue weighted by atomic mass is 35.5. The molecule has 0 aromatic heterocycles. The fourth-order valence-corrected chi connectivity index (χ4v) is 2.34. The average molecular weight is 274 g/mol. The minimum Gasteiger partial charge on any atom is -0.457 e. The summed E-state index contributed by atoms with van der Waals surface area (Å²) in [6.07, 6.45) is 0. The van der Waals surface area contributed by atoms with E-state index in [9.17, 15) is 4.79 Å². The number of ether oxygens (including phenoxy) is 1. The standard InChI is InChI=1S/C15H12ClNO2/c16-9-14(18)17-15-10-5-1-3-7-12(10)19-13-8-4-2-6-11(13)15/h1-8,15H,9H2,(H,17,18). The summed E-state index contributed by atoms with van der Waals surface area (Å²) >= 11 is 5.58. The molecule has 0 radical (unpaired) electrons. The van der Waals surface area contributed by atoms with Gasteiger partial charge in [-0.05, 0) is 12.1 Å². The van der Waals surface area contributed by atoms with Crippen LogP contribution < -0.4 is 10.1 Å². The lowest BCUT2D eigenvalue weighted by Crippen LogP contribution is -2.31. The molecule has 4 heteroatoms. The zero-order valence-corrected chi connectivity index (χ0v) is 10.9. The summed E-state index contributed by atoms with van der Waals surface area (Å²) in [6.45, 7) is 0. The van der Waals surface area contributed by atoms with Gasteiger partial charge in [0.15, 0.2) is 0 Å². The van der Waals surface area contributed by atoms with Gasteiger partial charge in [-0.1, -0.05) is 36.4 Å². The monoisotopic (exact) mass is 273 g/mol. The van der Waals surface area contributed by atoms with Crippen molar-refractivity contribution in [1.29, 1.82) is 0 Å². The molecule has 3 rings (SSSR count). The molecule has 3 nitrogen and oxygen atoms in total. The van der Waals surface area contributed by atoms with Crippen molar-refractivity contribution in [3.05, 3.63) is 59.7 Å². The number of halogens is 1. The van der Waals surface area contributed by atoms with Crippen LogP contribution in [0.3, 0.4) is 0 Å². The first-order chi connectivity index (χ1) is 9.29. The fourth-order valence-electron chi connectivity index (χ4n) is 2.26. The van der Waals surface area contributed by atoms with Gasteiger partial charge in [-0.3, -0.25) is 4.79 Å². The first-order valence-corrected chi connectivity index (χ1v) is 6.54. The predicted octanol–water partition coefficient (Wildman–Crippen LogP) is 3.24. The van der Waals surface area contributed by atoms with Gasteiger partial charge >= 0.3 is 0 Å². The van der Waals surface area contributed by atoms with Gasteiger partial charge in [-0.15, -0.1) is 11.6 Å². The van der Waals surface area contributed by atoms with Crippen molar-refractivity contribution < 1.29 is 9.53 Å². The van der Waals surface area contributed by atoms with Crippen LogP contribution in [0, 0.1) is 0 Å². The first kappa shape index (κ1) is 12.1. The summed E-state index contributed by atoms with van der Waals surface area (Å²) in [4.78, 5) is 11.6. The highest BCUT2D eigenvalue weighted by Crippen LogP contribution is 2.42. The van der Waals surface area contributed by atoms with Gasteiger partial charge in [-0.25, -0.2) is 0 Å². The lowest BCUT2D eigenvalue weighted by molar-refractivity contribution is -0.119. The van der Waals surface area contributed by atoms with E-state index >= 15 is 0 Å². The quantitative estimate of drug-likeness (QED) is 0.853. The third-order valence-electron chi connectivity index (χ3n) is 3.11. The smallest absolute Gasteiger partial charge is 0.235 e. The van der Waals surface area contributed by atoms with Crippen molar-refractivity contribution in [2.75, 3.05) is 5.88 Å². The van der Waals surface area contributed by atoms with Gasteiger partial charge < -0.3 is 10.1 Å². The lowest BCUT2D eigenvalue weighted by atomic mass is 9.94. The number of fused-ring (bicyclic) bond motifs is 2. The zero-order valence-electron chi connectivity index (χ0n) is 10.1. The van der Waals surface area contributed by atoms with Crippen LogP contribution >= 0.6 is 11.6 Å². The molecule has 0 saturated heterocycles. The molecule has 96 valence electrons. The summed E-state index contributed by atoms with van der Waals surface area (Å²) in [5, 5.41) is 2.93. The highest BCUT2D eigenvalue weighted by molar-refractivity contribution is 6.27. The second-order valence-electron chi connectivity index (χ2n) is 4.31. The van der Waals surface area contributed by atoms with E-state index in [1.807, 2.05) is 48.5 Å². The Morgan fingerprint density at radius 1 is 1.05 bits per heavy atom. The molecule has 0 saturated carbocycles. The Labute approximate surface area is 116 Å². The summed E-state index contributed by atoms with van der Waals surface area (Å²) in [7, 11) is 0. The Morgan fingerprint density at radius 2 is 1.58 bits per heavy atom. The number of amides is 1. The molecule has 0 bridgehead atoms. The van der Waals surface area contributed by atoms with Crippen LogP contribution in [-0.2, 0) is 4.79 Å². The SMILES string of the molecule is O=C(CCl)NC1c2ccccc2Oc2ccccc21. The van der Waals surface area contributed by atoms with Gasteiger partial charge in [0, 0.05) is 11.1 Å². The maximum atomic E-state index is 11.6. The van der Waals surface area contributed by atoms with Crippen LogP contribution in [0.25, 0.3) is 0 Å². The molecule has 0 aliphatic carbocycles. The first-order valence-electron chi connectivity index (χ1n) is 6.00. The number of nitrogens with one attached hydrogen (secondary N) is 1. The topological polar surface area (TPSA) is 38.3 Å². The van der Waals surface area contributed by atoms with E-state index in [4.69, 9.17) is 16.3 Å². The largest absolute Gasteiger partial charge is 0.457 e.